The van der Waals surface area contributed by atoms with Crippen LogP contribution in [0.3, 0.4) is 0 Å². The Hall–Kier alpha value is -1.59. The lowest BCUT2D eigenvalue weighted by Gasteiger charge is -2.42. The highest BCUT2D eigenvalue weighted by Gasteiger charge is 2.31. The molecule has 1 aromatic rings. The van der Waals surface area contributed by atoms with Gasteiger partial charge in [0.25, 0.3) is 0 Å². The van der Waals surface area contributed by atoms with Gasteiger partial charge < -0.3 is 14.7 Å². The van der Waals surface area contributed by atoms with Gasteiger partial charge in [0, 0.05) is 33.1 Å². The molecule has 1 fully saturated rings. The number of aliphatic imine (C=N–C) groups is 1. The van der Waals surface area contributed by atoms with Crippen molar-refractivity contribution < 1.29 is 4.52 Å². The van der Waals surface area contributed by atoms with E-state index < -0.39 is 0 Å². The minimum absolute atomic E-state index is 0.411. The second-order valence-electron chi connectivity index (χ2n) is 6.55. The number of hydrogen-bond acceptors (Lipinski definition) is 4. The molecule has 1 aliphatic heterocycles. The molecule has 6 nitrogen and oxygen atoms in total. The third-order valence-corrected chi connectivity index (χ3v) is 4.34. The predicted octanol–water partition coefficient (Wildman–Crippen LogP) is 2.40. The van der Waals surface area contributed by atoms with Gasteiger partial charge in [-0.3, -0.25) is 4.99 Å². The van der Waals surface area contributed by atoms with Gasteiger partial charge >= 0.3 is 0 Å². The monoisotopic (exact) mass is 307 g/mol. The summed E-state index contributed by atoms with van der Waals surface area (Å²) in [6.45, 7) is 9.43. The summed E-state index contributed by atoms with van der Waals surface area (Å²) in [6, 6.07) is 0. The quantitative estimate of drug-likeness (QED) is 0.668. The SMILES string of the molecule is CCCC1(C)CCCN(C(=NC)NCCc2nc(C)no2)C1. The van der Waals surface area contributed by atoms with Crippen molar-refractivity contribution in [2.75, 3.05) is 26.7 Å². The molecule has 2 heterocycles. The van der Waals surface area contributed by atoms with E-state index in [9.17, 15) is 0 Å². The van der Waals surface area contributed by atoms with Crippen LogP contribution in [0.15, 0.2) is 9.52 Å². The smallest absolute Gasteiger partial charge is 0.228 e. The summed E-state index contributed by atoms with van der Waals surface area (Å²) in [7, 11) is 1.85. The summed E-state index contributed by atoms with van der Waals surface area (Å²) in [6.07, 6.45) is 5.80. The first kappa shape index (κ1) is 16.8. The van der Waals surface area contributed by atoms with E-state index in [1.54, 1.807) is 0 Å². The highest BCUT2D eigenvalue weighted by Crippen LogP contribution is 2.33. The lowest BCUT2D eigenvalue weighted by molar-refractivity contribution is 0.142. The number of rotatable bonds is 5. The molecular weight excluding hydrogens is 278 g/mol. The molecule has 0 aliphatic carbocycles. The Morgan fingerprint density at radius 1 is 1.50 bits per heavy atom. The second kappa shape index (κ2) is 7.61. The van der Waals surface area contributed by atoms with Crippen LogP contribution in [0.4, 0.5) is 0 Å². The number of nitrogens with zero attached hydrogens (tertiary/aromatic N) is 4. The topological polar surface area (TPSA) is 66.5 Å². The minimum Gasteiger partial charge on any atom is -0.356 e. The molecule has 1 aliphatic rings. The Bertz CT molecular complexity index is 494. The maximum atomic E-state index is 5.14. The highest BCUT2D eigenvalue weighted by atomic mass is 16.5. The molecule has 22 heavy (non-hydrogen) atoms. The summed E-state index contributed by atoms with van der Waals surface area (Å²) in [4.78, 5) is 11.0. The van der Waals surface area contributed by atoms with Crippen molar-refractivity contribution in [3.63, 3.8) is 0 Å². The average Bonchev–Trinajstić information content (AvgIpc) is 2.89. The van der Waals surface area contributed by atoms with Crippen LogP contribution in [-0.4, -0.2) is 47.7 Å². The van der Waals surface area contributed by atoms with E-state index in [1.807, 2.05) is 14.0 Å². The van der Waals surface area contributed by atoms with Crippen molar-refractivity contribution in [2.24, 2.45) is 10.4 Å². The van der Waals surface area contributed by atoms with Crippen LogP contribution in [0.25, 0.3) is 0 Å². The zero-order valence-electron chi connectivity index (χ0n) is 14.4. The lowest BCUT2D eigenvalue weighted by atomic mass is 9.78. The van der Waals surface area contributed by atoms with Crippen molar-refractivity contribution in [1.82, 2.24) is 20.4 Å². The first-order valence-electron chi connectivity index (χ1n) is 8.31. The fraction of sp³-hybridized carbons (Fsp3) is 0.812. The molecule has 124 valence electrons. The fourth-order valence-corrected chi connectivity index (χ4v) is 3.36. The van der Waals surface area contributed by atoms with Crippen LogP contribution in [0.5, 0.6) is 0 Å². The first-order chi connectivity index (χ1) is 10.6. The first-order valence-corrected chi connectivity index (χ1v) is 8.31. The molecule has 1 atom stereocenters. The molecule has 0 amide bonds. The van der Waals surface area contributed by atoms with Gasteiger partial charge in [-0.25, -0.2) is 0 Å². The van der Waals surface area contributed by atoms with Gasteiger partial charge in [-0.15, -0.1) is 0 Å². The highest BCUT2D eigenvalue weighted by molar-refractivity contribution is 5.80. The van der Waals surface area contributed by atoms with Crippen molar-refractivity contribution in [2.45, 2.75) is 52.9 Å². The van der Waals surface area contributed by atoms with E-state index in [1.165, 1.54) is 25.7 Å². The number of nitrogens with one attached hydrogen (secondary N) is 1. The Kier molecular flexibility index (Phi) is 5.80. The summed E-state index contributed by atoms with van der Waals surface area (Å²) < 4.78 is 5.14. The minimum atomic E-state index is 0.411. The van der Waals surface area contributed by atoms with E-state index in [0.29, 0.717) is 17.1 Å². The molecule has 0 aromatic carbocycles. The summed E-state index contributed by atoms with van der Waals surface area (Å²) in [5, 5.41) is 7.23. The molecule has 0 spiro atoms. The summed E-state index contributed by atoms with van der Waals surface area (Å²) in [5.41, 5.74) is 0.411. The number of aromatic nitrogens is 2. The molecule has 6 heteroatoms. The third kappa shape index (κ3) is 4.45. The molecule has 2 rings (SSSR count). The van der Waals surface area contributed by atoms with Gasteiger partial charge in [-0.1, -0.05) is 25.4 Å². The normalized spacial score (nSPS) is 22.9. The van der Waals surface area contributed by atoms with Gasteiger partial charge in [0.05, 0.1) is 0 Å². The molecule has 0 radical (unpaired) electrons. The van der Waals surface area contributed by atoms with Crippen molar-refractivity contribution in [3.8, 4) is 0 Å². The Labute approximate surface area is 133 Å². The van der Waals surface area contributed by atoms with Crippen LogP contribution in [0.1, 0.15) is 51.2 Å². The second-order valence-corrected chi connectivity index (χ2v) is 6.55. The number of guanidine groups is 1. The molecule has 0 bridgehead atoms. The number of piperidine rings is 1. The Morgan fingerprint density at radius 2 is 2.32 bits per heavy atom. The van der Waals surface area contributed by atoms with Crippen LogP contribution in [0.2, 0.25) is 0 Å². The van der Waals surface area contributed by atoms with E-state index in [2.05, 4.69) is 39.2 Å². The summed E-state index contributed by atoms with van der Waals surface area (Å²) in [5.74, 6) is 2.35. The molecule has 1 N–H and O–H groups in total. The summed E-state index contributed by atoms with van der Waals surface area (Å²) >= 11 is 0. The van der Waals surface area contributed by atoms with E-state index in [-0.39, 0.29) is 0 Å². The van der Waals surface area contributed by atoms with Crippen molar-refractivity contribution >= 4 is 5.96 Å². The van der Waals surface area contributed by atoms with E-state index in [0.717, 1.165) is 32.0 Å². The number of aryl methyl sites for hydroxylation is 1. The molecular formula is C16H29N5O. The van der Waals surface area contributed by atoms with Gasteiger partial charge in [-0.05, 0) is 31.6 Å². The van der Waals surface area contributed by atoms with Gasteiger partial charge in [0.15, 0.2) is 11.8 Å². The zero-order valence-corrected chi connectivity index (χ0v) is 14.4. The fourth-order valence-electron chi connectivity index (χ4n) is 3.36. The zero-order chi connectivity index (χ0) is 16.0. The van der Waals surface area contributed by atoms with Crippen LogP contribution in [-0.2, 0) is 6.42 Å². The van der Waals surface area contributed by atoms with Crippen LogP contribution in [0, 0.1) is 12.3 Å². The average molecular weight is 307 g/mol. The Balaban J connectivity index is 1.85. The third-order valence-electron chi connectivity index (χ3n) is 4.34. The van der Waals surface area contributed by atoms with Crippen molar-refractivity contribution in [1.29, 1.82) is 0 Å². The maximum absolute atomic E-state index is 5.14. The van der Waals surface area contributed by atoms with Gasteiger partial charge in [-0.2, -0.15) is 4.98 Å². The maximum Gasteiger partial charge on any atom is 0.228 e. The van der Waals surface area contributed by atoms with Gasteiger partial charge in [0.1, 0.15) is 0 Å². The Morgan fingerprint density at radius 3 is 2.95 bits per heavy atom. The molecule has 1 aromatic heterocycles. The predicted molar refractivity (Wildman–Crippen MR) is 87.9 cm³/mol. The van der Waals surface area contributed by atoms with E-state index >= 15 is 0 Å². The number of hydrogen-bond donors (Lipinski definition) is 1. The van der Waals surface area contributed by atoms with Crippen LogP contribution >= 0.6 is 0 Å². The number of likely N-dealkylation sites (tertiary alicyclic amines) is 1. The van der Waals surface area contributed by atoms with Crippen LogP contribution < -0.4 is 5.32 Å². The van der Waals surface area contributed by atoms with Crippen molar-refractivity contribution in [3.05, 3.63) is 11.7 Å². The van der Waals surface area contributed by atoms with Gasteiger partial charge in [0.2, 0.25) is 5.89 Å². The standard InChI is InChI=1S/C16H29N5O/c1-5-8-16(3)9-6-11-21(12-16)15(17-4)18-10-7-14-19-13(2)20-22-14/h5-12H2,1-4H3,(H,17,18). The molecule has 0 saturated carbocycles. The van der Waals surface area contributed by atoms with E-state index in [4.69, 9.17) is 4.52 Å². The lowest BCUT2D eigenvalue weighted by Crippen LogP contribution is -2.50. The molecule has 1 saturated heterocycles. The molecule has 1 unspecified atom stereocenters. The largest absolute Gasteiger partial charge is 0.356 e.